The highest BCUT2D eigenvalue weighted by atomic mass is 19.1. The Hall–Kier alpha value is -2.48. The fourth-order valence-electron chi connectivity index (χ4n) is 2.46. The molecular weight excluding hydrogens is 341 g/mol. The molecule has 2 amide bonds. The monoisotopic (exact) mass is 368 g/mol. The first kappa shape index (κ1) is 21.6. The van der Waals surface area contributed by atoms with Gasteiger partial charge in [0.15, 0.2) is 13.1 Å². The van der Waals surface area contributed by atoms with E-state index in [1.807, 2.05) is 13.8 Å². The molecule has 144 valence electrons. The van der Waals surface area contributed by atoms with Gasteiger partial charge < -0.3 is 20.3 Å². The Balaban J connectivity index is 2.49. The summed E-state index contributed by atoms with van der Waals surface area (Å²) in [5, 5.41) is 5.22. The summed E-state index contributed by atoms with van der Waals surface area (Å²) in [6, 6.07) is 4.87. The van der Waals surface area contributed by atoms with Gasteiger partial charge in [0.25, 0.3) is 11.8 Å². The first-order chi connectivity index (χ1) is 12.2. The van der Waals surface area contributed by atoms with Gasteiger partial charge in [-0.1, -0.05) is 19.9 Å². The van der Waals surface area contributed by atoms with Crippen molar-refractivity contribution < 1.29 is 28.4 Å². The van der Waals surface area contributed by atoms with Crippen molar-refractivity contribution in [3.63, 3.8) is 0 Å². The zero-order valence-electron chi connectivity index (χ0n) is 15.6. The van der Waals surface area contributed by atoms with Crippen LogP contribution < -0.4 is 15.5 Å². The number of likely N-dealkylation sites (N-methyl/N-ethyl adjacent to an activating group) is 1. The molecule has 0 spiro atoms. The van der Waals surface area contributed by atoms with Crippen molar-refractivity contribution in [3.8, 4) is 0 Å². The normalized spacial score (nSPS) is 13.0. The number of nitrogens with one attached hydrogen (secondary N) is 3. The molecule has 0 radical (unpaired) electrons. The van der Waals surface area contributed by atoms with Crippen molar-refractivity contribution in [1.82, 2.24) is 5.32 Å². The molecule has 26 heavy (non-hydrogen) atoms. The van der Waals surface area contributed by atoms with E-state index >= 15 is 0 Å². The number of hydrogen-bond donors (Lipinski definition) is 3. The Kier molecular flexibility index (Phi) is 8.71. The van der Waals surface area contributed by atoms with E-state index in [1.165, 1.54) is 25.3 Å². The van der Waals surface area contributed by atoms with Crippen molar-refractivity contribution in [2.24, 2.45) is 5.92 Å². The zero-order valence-corrected chi connectivity index (χ0v) is 15.6. The van der Waals surface area contributed by atoms with Crippen molar-refractivity contribution in [1.29, 1.82) is 0 Å². The van der Waals surface area contributed by atoms with Gasteiger partial charge in [-0.3, -0.25) is 9.59 Å². The Morgan fingerprint density at radius 3 is 2.42 bits per heavy atom. The van der Waals surface area contributed by atoms with Gasteiger partial charge in [0, 0.05) is 5.69 Å². The standard InChI is InChI=1S/C18H26FN3O4/c1-12(2)8-15(18(25)26-4)21-17(24)11-22(3)10-16(23)20-14-7-5-6-13(19)9-14/h5-7,9,12,15H,8,10-11H2,1-4H3,(H,20,23)(H,21,24)/p+1/t15-/m1/s1. The number of rotatable bonds is 9. The van der Waals surface area contributed by atoms with Gasteiger partial charge in [0.1, 0.15) is 11.9 Å². The minimum atomic E-state index is -0.707. The number of halogens is 1. The lowest BCUT2D eigenvalue weighted by Crippen LogP contribution is -3.11. The molecule has 1 rings (SSSR count). The molecule has 0 saturated heterocycles. The van der Waals surface area contributed by atoms with Gasteiger partial charge >= 0.3 is 5.97 Å². The number of quaternary nitrogens is 1. The summed E-state index contributed by atoms with van der Waals surface area (Å²) in [6.07, 6.45) is 0.470. The van der Waals surface area contributed by atoms with Crippen LogP contribution in [0.2, 0.25) is 0 Å². The van der Waals surface area contributed by atoms with E-state index in [0.717, 1.165) is 0 Å². The van der Waals surface area contributed by atoms with E-state index in [4.69, 9.17) is 4.74 Å². The lowest BCUT2D eigenvalue weighted by Gasteiger charge is -2.19. The number of carbonyl (C=O) groups is 3. The first-order valence-electron chi connectivity index (χ1n) is 8.45. The molecule has 1 aromatic carbocycles. The molecule has 0 aliphatic heterocycles. The van der Waals surface area contributed by atoms with E-state index < -0.39 is 17.8 Å². The summed E-state index contributed by atoms with van der Waals surface area (Å²) >= 11 is 0. The van der Waals surface area contributed by atoms with Crippen LogP contribution in [0.15, 0.2) is 24.3 Å². The van der Waals surface area contributed by atoms with Crippen LogP contribution in [0.1, 0.15) is 20.3 Å². The van der Waals surface area contributed by atoms with E-state index in [1.54, 1.807) is 13.1 Å². The largest absolute Gasteiger partial charge is 0.467 e. The number of ether oxygens (including phenoxy) is 1. The van der Waals surface area contributed by atoms with Crippen LogP contribution in [0.5, 0.6) is 0 Å². The van der Waals surface area contributed by atoms with Crippen molar-refractivity contribution >= 4 is 23.5 Å². The summed E-state index contributed by atoms with van der Waals surface area (Å²) in [7, 11) is 2.95. The quantitative estimate of drug-likeness (QED) is 0.535. The SMILES string of the molecule is COC(=O)[C@@H](CC(C)C)NC(=O)C[NH+](C)CC(=O)Nc1cccc(F)c1. The fourth-order valence-corrected chi connectivity index (χ4v) is 2.46. The van der Waals surface area contributed by atoms with E-state index in [2.05, 4.69) is 10.6 Å². The predicted molar refractivity (Wildman–Crippen MR) is 95.1 cm³/mol. The van der Waals surface area contributed by atoms with Crippen LogP contribution >= 0.6 is 0 Å². The molecule has 0 heterocycles. The molecule has 3 N–H and O–H groups in total. The second kappa shape index (κ2) is 10.5. The van der Waals surface area contributed by atoms with Gasteiger partial charge in [-0.05, 0) is 30.5 Å². The summed E-state index contributed by atoms with van der Waals surface area (Å²) in [4.78, 5) is 36.5. The minimum absolute atomic E-state index is 0.0160. The van der Waals surface area contributed by atoms with E-state index in [0.29, 0.717) is 17.0 Å². The molecule has 0 aliphatic carbocycles. The number of esters is 1. The molecule has 0 aromatic heterocycles. The predicted octanol–water partition coefficient (Wildman–Crippen LogP) is -0.0172. The lowest BCUT2D eigenvalue weighted by molar-refractivity contribution is -0.862. The first-order valence-corrected chi connectivity index (χ1v) is 8.45. The van der Waals surface area contributed by atoms with Crippen LogP contribution in [0.25, 0.3) is 0 Å². The minimum Gasteiger partial charge on any atom is -0.467 e. The summed E-state index contributed by atoms with van der Waals surface area (Å²) in [5.74, 6) is -1.42. The Morgan fingerprint density at radius 2 is 1.85 bits per heavy atom. The third kappa shape index (κ3) is 8.06. The number of hydrogen-bond acceptors (Lipinski definition) is 4. The molecule has 0 aliphatic rings. The molecule has 0 bridgehead atoms. The van der Waals surface area contributed by atoms with Gasteiger partial charge in [-0.2, -0.15) is 0 Å². The van der Waals surface area contributed by atoms with Crippen molar-refractivity contribution in [2.45, 2.75) is 26.3 Å². The second-order valence-electron chi connectivity index (χ2n) is 6.64. The van der Waals surface area contributed by atoms with E-state index in [-0.39, 0.29) is 30.8 Å². The summed E-state index contributed by atoms with van der Waals surface area (Å²) in [5.41, 5.74) is 0.356. The molecular formula is C18H27FN3O4+. The van der Waals surface area contributed by atoms with Crippen molar-refractivity contribution in [3.05, 3.63) is 30.1 Å². The smallest absolute Gasteiger partial charge is 0.328 e. The van der Waals surface area contributed by atoms with Crippen LogP contribution in [0.4, 0.5) is 10.1 Å². The maximum Gasteiger partial charge on any atom is 0.328 e. The van der Waals surface area contributed by atoms with Crippen LogP contribution in [-0.4, -0.2) is 51.1 Å². The molecule has 0 fully saturated rings. The Morgan fingerprint density at radius 1 is 1.19 bits per heavy atom. The van der Waals surface area contributed by atoms with Gasteiger partial charge in [0.05, 0.1) is 14.2 Å². The molecule has 1 aromatic rings. The van der Waals surface area contributed by atoms with Gasteiger partial charge in [-0.25, -0.2) is 9.18 Å². The van der Waals surface area contributed by atoms with E-state index in [9.17, 15) is 18.8 Å². The third-order valence-electron chi connectivity index (χ3n) is 3.56. The molecule has 2 atom stereocenters. The van der Waals surface area contributed by atoms with Crippen LogP contribution in [-0.2, 0) is 19.1 Å². The molecule has 0 saturated carbocycles. The fraction of sp³-hybridized carbons (Fsp3) is 0.500. The molecule has 7 nitrogen and oxygen atoms in total. The highest BCUT2D eigenvalue weighted by Crippen LogP contribution is 2.08. The van der Waals surface area contributed by atoms with Crippen LogP contribution in [0.3, 0.4) is 0 Å². The highest BCUT2D eigenvalue weighted by molar-refractivity contribution is 5.91. The Labute approximate surface area is 152 Å². The van der Waals surface area contributed by atoms with Gasteiger partial charge in [-0.15, -0.1) is 0 Å². The molecule has 1 unspecified atom stereocenters. The maximum atomic E-state index is 13.1. The second-order valence-corrected chi connectivity index (χ2v) is 6.64. The maximum absolute atomic E-state index is 13.1. The third-order valence-corrected chi connectivity index (χ3v) is 3.56. The van der Waals surface area contributed by atoms with Crippen LogP contribution in [0, 0.1) is 11.7 Å². The lowest BCUT2D eigenvalue weighted by atomic mass is 10.0. The average molecular weight is 368 g/mol. The zero-order chi connectivity index (χ0) is 19.7. The van der Waals surface area contributed by atoms with Crippen molar-refractivity contribution in [2.75, 3.05) is 32.6 Å². The number of benzene rings is 1. The summed E-state index contributed by atoms with van der Waals surface area (Å²) < 4.78 is 17.8. The highest BCUT2D eigenvalue weighted by Gasteiger charge is 2.24. The summed E-state index contributed by atoms with van der Waals surface area (Å²) in [6.45, 7) is 3.92. The Bertz CT molecular complexity index is 637. The topological polar surface area (TPSA) is 88.9 Å². The molecule has 8 heteroatoms. The number of methoxy groups -OCH3 is 1. The van der Waals surface area contributed by atoms with Gasteiger partial charge in [0.2, 0.25) is 0 Å². The number of carbonyl (C=O) groups excluding carboxylic acids is 3. The number of amides is 2. The number of anilines is 1. The average Bonchev–Trinajstić information content (AvgIpc) is 2.52.